The molecule has 0 spiro atoms. The maximum absolute atomic E-state index is 14.0. The normalized spacial score (nSPS) is 17.9. The Hall–Kier alpha value is -0.640. The van der Waals surface area contributed by atoms with Crippen molar-refractivity contribution < 1.29 is 9.13 Å². The van der Waals surface area contributed by atoms with Gasteiger partial charge < -0.3 is 10.5 Å². The van der Waals surface area contributed by atoms with Crippen LogP contribution >= 0.6 is 11.6 Å². The third-order valence-electron chi connectivity index (χ3n) is 4.09. The Labute approximate surface area is 125 Å². The molecule has 1 aliphatic heterocycles. The van der Waals surface area contributed by atoms with Crippen molar-refractivity contribution in [3.05, 3.63) is 34.1 Å². The van der Waals surface area contributed by atoms with Crippen molar-refractivity contribution in [3.63, 3.8) is 0 Å². The molecule has 0 radical (unpaired) electrons. The largest absolute Gasteiger partial charge is 0.380 e. The first kappa shape index (κ1) is 15.7. The average molecular weight is 300 g/mol. The van der Waals surface area contributed by atoms with E-state index < -0.39 is 0 Å². The number of hydrogen-bond donors (Lipinski definition) is 1. The van der Waals surface area contributed by atoms with E-state index in [0.29, 0.717) is 19.8 Å². The van der Waals surface area contributed by atoms with Gasteiger partial charge in [0.1, 0.15) is 5.82 Å². The van der Waals surface area contributed by atoms with Crippen LogP contribution in [0.3, 0.4) is 0 Å². The van der Waals surface area contributed by atoms with E-state index in [0.717, 1.165) is 24.0 Å². The lowest BCUT2D eigenvalue weighted by atomic mass is 9.79. The maximum atomic E-state index is 14.0. The minimum atomic E-state index is -0.333. The highest BCUT2D eigenvalue weighted by atomic mass is 35.5. The fraction of sp³-hybridized carbons (Fsp3) is 0.625. The topological polar surface area (TPSA) is 35.2 Å². The summed E-state index contributed by atoms with van der Waals surface area (Å²) < 4.78 is 19.2. The maximum Gasteiger partial charge on any atom is 0.142 e. The molecule has 1 fully saturated rings. The number of hydrogen-bond acceptors (Lipinski definition) is 2. The van der Waals surface area contributed by atoms with Gasteiger partial charge in [-0.25, -0.2) is 4.39 Å². The lowest BCUT2D eigenvalue weighted by Crippen LogP contribution is -2.48. The summed E-state index contributed by atoms with van der Waals surface area (Å²) in [4.78, 5) is 0. The Morgan fingerprint density at radius 1 is 1.35 bits per heavy atom. The summed E-state index contributed by atoms with van der Waals surface area (Å²) in [5.74, 6) is -0.333. The van der Waals surface area contributed by atoms with Crippen LogP contribution in [-0.2, 0) is 16.6 Å². The molecule has 0 aromatic heterocycles. The molecular formula is C16H23ClFNO. The van der Waals surface area contributed by atoms with Crippen molar-refractivity contribution in [1.29, 1.82) is 0 Å². The lowest BCUT2D eigenvalue weighted by Gasteiger charge is -2.40. The molecule has 0 saturated carbocycles. The van der Waals surface area contributed by atoms with Crippen LogP contribution in [0, 0.1) is 11.2 Å². The van der Waals surface area contributed by atoms with Gasteiger partial charge in [-0.1, -0.05) is 38.4 Å². The van der Waals surface area contributed by atoms with Gasteiger partial charge in [0.2, 0.25) is 0 Å². The molecule has 20 heavy (non-hydrogen) atoms. The standard InChI is InChI=1S/C16H23ClFNO/c1-15(2,3)12-6-11(7-13(18)14(12)17)4-5-16(8-19)9-20-10-16/h6-7H,4-5,8-10,19H2,1-3H3. The number of ether oxygens (including phenoxy) is 1. The van der Waals surface area contributed by atoms with Crippen molar-refractivity contribution in [2.24, 2.45) is 11.1 Å². The monoisotopic (exact) mass is 299 g/mol. The first-order valence-electron chi connectivity index (χ1n) is 7.04. The molecule has 1 aromatic carbocycles. The van der Waals surface area contributed by atoms with Gasteiger partial charge >= 0.3 is 0 Å². The summed E-state index contributed by atoms with van der Waals surface area (Å²) in [7, 11) is 0. The summed E-state index contributed by atoms with van der Waals surface area (Å²) in [5.41, 5.74) is 7.57. The Balaban J connectivity index is 2.18. The second-order valence-corrected chi connectivity index (χ2v) is 7.26. The molecule has 1 heterocycles. The van der Waals surface area contributed by atoms with E-state index in [9.17, 15) is 4.39 Å². The zero-order chi connectivity index (χ0) is 15.0. The van der Waals surface area contributed by atoms with Crippen molar-refractivity contribution in [1.82, 2.24) is 0 Å². The van der Waals surface area contributed by atoms with Crippen molar-refractivity contribution >= 4 is 11.6 Å². The fourth-order valence-electron chi connectivity index (χ4n) is 2.50. The lowest BCUT2D eigenvalue weighted by molar-refractivity contribution is -0.111. The van der Waals surface area contributed by atoms with Crippen LogP contribution in [0.2, 0.25) is 5.02 Å². The van der Waals surface area contributed by atoms with Gasteiger partial charge in [0.15, 0.2) is 0 Å². The Bertz CT molecular complexity index is 486. The molecular weight excluding hydrogens is 277 g/mol. The van der Waals surface area contributed by atoms with Gasteiger partial charge in [-0.15, -0.1) is 0 Å². The van der Waals surface area contributed by atoms with Crippen LogP contribution < -0.4 is 5.73 Å². The second-order valence-electron chi connectivity index (χ2n) is 6.89. The highest BCUT2D eigenvalue weighted by molar-refractivity contribution is 6.31. The van der Waals surface area contributed by atoms with E-state index in [-0.39, 0.29) is 21.7 Å². The van der Waals surface area contributed by atoms with Gasteiger partial charge in [-0.3, -0.25) is 0 Å². The molecule has 2 nitrogen and oxygen atoms in total. The minimum absolute atomic E-state index is 0.0814. The Kier molecular flexibility index (Phi) is 4.43. The molecule has 112 valence electrons. The highest BCUT2D eigenvalue weighted by Gasteiger charge is 2.36. The van der Waals surface area contributed by atoms with Gasteiger partial charge in [-0.05, 0) is 35.4 Å². The summed E-state index contributed by atoms with van der Waals surface area (Å²) in [5, 5.41) is 0.238. The van der Waals surface area contributed by atoms with Crippen molar-refractivity contribution in [3.8, 4) is 0 Å². The summed E-state index contributed by atoms with van der Waals surface area (Å²) >= 11 is 6.09. The molecule has 4 heteroatoms. The zero-order valence-corrected chi connectivity index (χ0v) is 13.2. The second kappa shape index (κ2) is 5.63. The van der Waals surface area contributed by atoms with Crippen LogP contribution in [0.15, 0.2) is 12.1 Å². The molecule has 0 unspecified atom stereocenters. The van der Waals surface area contributed by atoms with E-state index in [1.807, 2.05) is 26.8 Å². The van der Waals surface area contributed by atoms with Crippen LogP contribution in [0.1, 0.15) is 38.3 Å². The molecule has 2 rings (SSSR count). The van der Waals surface area contributed by atoms with E-state index in [4.69, 9.17) is 22.1 Å². The van der Waals surface area contributed by atoms with E-state index in [1.54, 1.807) is 6.07 Å². The number of halogens is 2. The number of benzene rings is 1. The molecule has 0 atom stereocenters. The van der Waals surface area contributed by atoms with Gasteiger partial charge in [0.05, 0.1) is 18.2 Å². The molecule has 1 aliphatic rings. The molecule has 2 N–H and O–H groups in total. The Morgan fingerprint density at radius 2 is 2.00 bits per heavy atom. The van der Waals surface area contributed by atoms with E-state index >= 15 is 0 Å². The van der Waals surface area contributed by atoms with Gasteiger partial charge in [-0.2, -0.15) is 0 Å². The number of rotatable bonds is 4. The van der Waals surface area contributed by atoms with Crippen molar-refractivity contribution in [2.75, 3.05) is 19.8 Å². The van der Waals surface area contributed by atoms with Gasteiger partial charge in [0, 0.05) is 12.0 Å². The zero-order valence-electron chi connectivity index (χ0n) is 12.4. The summed E-state index contributed by atoms with van der Waals surface area (Å²) in [6.45, 7) is 8.17. The first-order chi connectivity index (χ1) is 9.27. The van der Waals surface area contributed by atoms with Crippen LogP contribution in [0.25, 0.3) is 0 Å². The third kappa shape index (κ3) is 3.16. The average Bonchev–Trinajstić information content (AvgIpc) is 2.31. The summed E-state index contributed by atoms with van der Waals surface area (Å²) in [6, 6.07) is 3.57. The van der Waals surface area contributed by atoms with E-state index in [1.165, 1.54) is 0 Å². The van der Waals surface area contributed by atoms with Crippen molar-refractivity contribution in [2.45, 2.75) is 39.0 Å². The fourth-order valence-corrected chi connectivity index (χ4v) is 2.89. The minimum Gasteiger partial charge on any atom is -0.380 e. The molecule has 0 bridgehead atoms. The van der Waals surface area contributed by atoms with Gasteiger partial charge in [0.25, 0.3) is 0 Å². The molecule has 1 aromatic rings. The molecule has 0 amide bonds. The first-order valence-corrected chi connectivity index (χ1v) is 7.41. The highest BCUT2D eigenvalue weighted by Crippen LogP contribution is 2.35. The SMILES string of the molecule is CC(C)(C)c1cc(CCC2(CN)COC2)cc(F)c1Cl. The van der Waals surface area contributed by atoms with Crippen LogP contribution in [-0.4, -0.2) is 19.8 Å². The predicted molar refractivity (Wildman–Crippen MR) is 80.7 cm³/mol. The number of nitrogens with two attached hydrogens (primary N) is 1. The summed E-state index contributed by atoms with van der Waals surface area (Å²) in [6.07, 6.45) is 1.73. The smallest absolute Gasteiger partial charge is 0.142 e. The van der Waals surface area contributed by atoms with Crippen LogP contribution in [0.5, 0.6) is 0 Å². The van der Waals surface area contributed by atoms with Crippen LogP contribution in [0.4, 0.5) is 4.39 Å². The molecule has 0 aliphatic carbocycles. The Morgan fingerprint density at radius 3 is 2.45 bits per heavy atom. The molecule has 1 saturated heterocycles. The third-order valence-corrected chi connectivity index (χ3v) is 4.47. The predicted octanol–water partition coefficient (Wildman–Crippen LogP) is 3.68. The number of aryl methyl sites for hydroxylation is 1. The van der Waals surface area contributed by atoms with E-state index in [2.05, 4.69) is 0 Å². The quantitative estimate of drug-likeness (QED) is 0.920.